The van der Waals surface area contributed by atoms with Gasteiger partial charge in [-0.15, -0.1) is 0 Å². The van der Waals surface area contributed by atoms with Gasteiger partial charge in [0.1, 0.15) is 5.82 Å². The summed E-state index contributed by atoms with van der Waals surface area (Å²) in [5.41, 5.74) is 0. The van der Waals surface area contributed by atoms with Gasteiger partial charge >= 0.3 is 0 Å². The van der Waals surface area contributed by atoms with Crippen LogP contribution in [0.1, 0.15) is 38.9 Å². The lowest BCUT2D eigenvalue weighted by Crippen LogP contribution is -2.24. The van der Waals surface area contributed by atoms with Crippen LogP contribution < -0.4 is 5.32 Å². The first-order valence-electron chi connectivity index (χ1n) is 6.67. The van der Waals surface area contributed by atoms with E-state index in [4.69, 9.17) is 4.74 Å². The number of aryl methyl sites for hydroxylation is 1. The number of hydrogen-bond acceptors (Lipinski definition) is 3. The molecule has 0 radical (unpaired) electrons. The molecule has 1 heterocycles. The Morgan fingerprint density at radius 2 is 2.18 bits per heavy atom. The summed E-state index contributed by atoms with van der Waals surface area (Å²) >= 11 is 0. The Labute approximate surface area is 104 Å². The minimum atomic E-state index is 0.430. The van der Waals surface area contributed by atoms with E-state index in [-0.39, 0.29) is 0 Å². The van der Waals surface area contributed by atoms with Crippen LogP contribution in [0.15, 0.2) is 12.4 Å². The average molecular weight is 239 g/mol. The van der Waals surface area contributed by atoms with E-state index < -0.39 is 0 Å². The van der Waals surface area contributed by atoms with Crippen molar-refractivity contribution in [2.45, 2.75) is 45.6 Å². The Balaban J connectivity index is 1.87. The third-order valence-corrected chi connectivity index (χ3v) is 2.87. The van der Waals surface area contributed by atoms with Crippen molar-refractivity contribution in [2.24, 2.45) is 0 Å². The van der Waals surface area contributed by atoms with Gasteiger partial charge < -0.3 is 15.0 Å². The van der Waals surface area contributed by atoms with Gasteiger partial charge in [-0.25, -0.2) is 4.98 Å². The summed E-state index contributed by atoms with van der Waals surface area (Å²) in [6.07, 6.45) is 8.42. The van der Waals surface area contributed by atoms with Crippen LogP contribution in [-0.2, 0) is 11.2 Å². The third kappa shape index (κ3) is 6.44. The normalized spacial score (nSPS) is 11.2. The smallest absolute Gasteiger partial charge is 0.106 e. The number of aromatic amines is 1. The molecule has 0 fully saturated rings. The zero-order valence-electron chi connectivity index (χ0n) is 11.0. The summed E-state index contributed by atoms with van der Waals surface area (Å²) in [6, 6.07) is 0. The first-order valence-corrected chi connectivity index (χ1v) is 6.67. The lowest BCUT2D eigenvalue weighted by Gasteiger charge is -2.13. The van der Waals surface area contributed by atoms with Crippen molar-refractivity contribution in [3.05, 3.63) is 18.2 Å². The van der Waals surface area contributed by atoms with Gasteiger partial charge in [0.25, 0.3) is 0 Å². The predicted octanol–water partition coefficient (Wildman–Crippen LogP) is 2.14. The Hall–Kier alpha value is -0.870. The molecule has 0 aliphatic heterocycles. The summed E-state index contributed by atoms with van der Waals surface area (Å²) in [7, 11) is 0. The van der Waals surface area contributed by atoms with E-state index in [0.29, 0.717) is 6.10 Å². The Bertz CT molecular complexity index is 258. The Morgan fingerprint density at radius 1 is 1.35 bits per heavy atom. The first kappa shape index (κ1) is 14.2. The van der Waals surface area contributed by atoms with Crippen LogP contribution in [0.4, 0.5) is 0 Å². The molecular formula is C13H25N3O. The second kappa shape index (κ2) is 9.19. The number of rotatable bonds is 10. The molecular weight excluding hydrogens is 214 g/mol. The monoisotopic (exact) mass is 239 g/mol. The molecule has 0 saturated heterocycles. The number of nitrogens with one attached hydrogen (secondary N) is 2. The maximum atomic E-state index is 5.71. The maximum Gasteiger partial charge on any atom is 0.106 e. The van der Waals surface area contributed by atoms with Crippen molar-refractivity contribution in [2.75, 3.05) is 19.7 Å². The zero-order valence-corrected chi connectivity index (χ0v) is 11.0. The van der Waals surface area contributed by atoms with Crippen LogP contribution >= 0.6 is 0 Å². The zero-order chi connectivity index (χ0) is 12.3. The Morgan fingerprint density at radius 3 is 2.82 bits per heavy atom. The van der Waals surface area contributed by atoms with E-state index >= 15 is 0 Å². The molecule has 1 aromatic rings. The standard InChI is InChI=1S/C13H25N3O/c1-3-12(4-2)17-11-10-14-7-5-6-13-15-8-9-16-13/h8-9,12,14H,3-7,10-11H2,1-2H3,(H,15,16). The van der Waals surface area contributed by atoms with Gasteiger partial charge in [-0.1, -0.05) is 13.8 Å². The summed E-state index contributed by atoms with van der Waals surface area (Å²) < 4.78 is 5.71. The fraction of sp³-hybridized carbons (Fsp3) is 0.769. The van der Waals surface area contributed by atoms with Crippen molar-refractivity contribution in [1.82, 2.24) is 15.3 Å². The van der Waals surface area contributed by atoms with Gasteiger partial charge in [-0.2, -0.15) is 0 Å². The second-order valence-corrected chi connectivity index (χ2v) is 4.20. The molecule has 1 aromatic heterocycles. The Kier molecular flexibility index (Phi) is 7.67. The van der Waals surface area contributed by atoms with Crippen LogP contribution in [-0.4, -0.2) is 35.8 Å². The van der Waals surface area contributed by atoms with Gasteiger partial charge in [-0.3, -0.25) is 0 Å². The number of ether oxygens (including phenoxy) is 1. The number of aromatic nitrogens is 2. The molecule has 0 unspecified atom stereocenters. The highest BCUT2D eigenvalue weighted by atomic mass is 16.5. The molecule has 4 nitrogen and oxygen atoms in total. The maximum absolute atomic E-state index is 5.71. The summed E-state index contributed by atoms with van der Waals surface area (Å²) in [4.78, 5) is 7.29. The van der Waals surface area contributed by atoms with Gasteiger partial charge in [0.2, 0.25) is 0 Å². The molecule has 98 valence electrons. The number of hydrogen-bond donors (Lipinski definition) is 2. The van der Waals surface area contributed by atoms with E-state index in [1.54, 1.807) is 6.20 Å². The highest BCUT2D eigenvalue weighted by Gasteiger charge is 2.01. The van der Waals surface area contributed by atoms with Gasteiger partial charge in [-0.05, 0) is 25.8 Å². The van der Waals surface area contributed by atoms with Crippen molar-refractivity contribution in [3.63, 3.8) is 0 Å². The van der Waals surface area contributed by atoms with Crippen LogP contribution in [0.3, 0.4) is 0 Å². The van der Waals surface area contributed by atoms with Crippen LogP contribution in [0.25, 0.3) is 0 Å². The summed E-state index contributed by atoms with van der Waals surface area (Å²) in [6.45, 7) is 7.12. The molecule has 0 saturated carbocycles. The SMILES string of the molecule is CCC(CC)OCCNCCCc1ncc[nH]1. The van der Waals surface area contributed by atoms with E-state index in [1.807, 2.05) is 6.20 Å². The van der Waals surface area contributed by atoms with Crippen molar-refractivity contribution >= 4 is 0 Å². The summed E-state index contributed by atoms with van der Waals surface area (Å²) in [5, 5.41) is 3.38. The third-order valence-electron chi connectivity index (χ3n) is 2.87. The molecule has 2 N–H and O–H groups in total. The van der Waals surface area contributed by atoms with Crippen LogP contribution in [0.2, 0.25) is 0 Å². The number of nitrogens with zero attached hydrogens (tertiary/aromatic N) is 1. The number of imidazole rings is 1. The quantitative estimate of drug-likeness (QED) is 0.615. The van der Waals surface area contributed by atoms with Crippen molar-refractivity contribution in [3.8, 4) is 0 Å². The molecule has 0 bridgehead atoms. The molecule has 0 aliphatic rings. The molecule has 1 rings (SSSR count). The van der Waals surface area contributed by atoms with E-state index in [9.17, 15) is 0 Å². The fourth-order valence-electron chi connectivity index (χ4n) is 1.76. The van der Waals surface area contributed by atoms with Crippen molar-refractivity contribution in [1.29, 1.82) is 0 Å². The second-order valence-electron chi connectivity index (χ2n) is 4.20. The highest BCUT2D eigenvalue weighted by Crippen LogP contribution is 2.01. The van der Waals surface area contributed by atoms with E-state index in [2.05, 4.69) is 29.1 Å². The topological polar surface area (TPSA) is 49.9 Å². The molecule has 0 atom stereocenters. The van der Waals surface area contributed by atoms with E-state index in [0.717, 1.165) is 51.2 Å². The minimum absolute atomic E-state index is 0.430. The molecule has 17 heavy (non-hydrogen) atoms. The van der Waals surface area contributed by atoms with Gasteiger partial charge in [0, 0.05) is 25.4 Å². The average Bonchev–Trinajstić information content (AvgIpc) is 2.86. The molecule has 0 aromatic carbocycles. The molecule has 4 heteroatoms. The number of H-pyrrole nitrogens is 1. The minimum Gasteiger partial charge on any atom is -0.377 e. The van der Waals surface area contributed by atoms with Gasteiger partial charge in [0.15, 0.2) is 0 Å². The highest BCUT2D eigenvalue weighted by molar-refractivity contribution is 4.86. The van der Waals surface area contributed by atoms with Gasteiger partial charge in [0.05, 0.1) is 12.7 Å². The first-order chi connectivity index (χ1) is 8.36. The van der Waals surface area contributed by atoms with Crippen molar-refractivity contribution < 1.29 is 4.74 Å². The lowest BCUT2D eigenvalue weighted by atomic mass is 10.2. The molecule has 0 amide bonds. The van der Waals surface area contributed by atoms with Crippen LogP contribution in [0, 0.1) is 0 Å². The largest absolute Gasteiger partial charge is 0.377 e. The van der Waals surface area contributed by atoms with E-state index in [1.165, 1.54) is 0 Å². The summed E-state index contributed by atoms with van der Waals surface area (Å²) in [5.74, 6) is 1.07. The molecule has 0 spiro atoms. The van der Waals surface area contributed by atoms with Crippen LogP contribution in [0.5, 0.6) is 0 Å². The lowest BCUT2D eigenvalue weighted by molar-refractivity contribution is 0.0503. The predicted molar refractivity (Wildman–Crippen MR) is 70.1 cm³/mol. The fourth-order valence-corrected chi connectivity index (χ4v) is 1.76. The molecule has 0 aliphatic carbocycles.